The highest BCUT2D eigenvalue weighted by atomic mass is 32.2. The molecule has 0 radical (unpaired) electrons. The van der Waals surface area contributed by atoms with Crippen LogP contribution in [0.1, 0.15) is 26.2 Å². The van der Waals surface area contributed by atoms with E-state index in [4.69, 9.17) is 0 Å². The fourth-order valence-corrected chi connectivity index (χ4v) is 4.39. The normalized spacial score (nSPS) is 17.3. The molecule has 8 nitrogen and oxygen atoms in total. The average molecular weight is 398 g/mol. The Kier molecular flexibility index (Phi) is 5.17. The fraction of sp³-hybridized carbons (Fsp3) is 0.421. The number of hydrogen-bond acceptors (Lipinski definition) is 7. The number of piperidine rings is 1. The second-order valence-corrected chi connectivity index (χ2v) is 7.91. The van der Waals surface area contributed by atoms with Gasteiger partial charge in [-0.1, -0.05) is 30.0 Å². The minimum atomic E-state index is -1.20. The number of carboxylic acids is 1. The number of carbonyl (C=O) groups is 2. The molecule has 3 aromatic rings. The molecule has 0 N–H and O–H groups in total. The summed E-state index contributed by atoms with van der Waals surface area (Å²) in [5.74, 6) is -0.904. The number of aliphatic carboxylic acids is 1. The maximum atomic E-state index is 12.5. The maximum Gasteiger partial charge on any atom is 0.233 e. The summed E-state index contributed by atoms with van der Waals surface area (Å²) in [6.07, 6.45) is 3.22. The number of thioether (sulfide) groups is 1. The third kappa shape index (κ3) is 3.54. The number of rotatable bonds is 5. The SMILES string of the molecule is C[C@H]1CCCCN1C(=O)CSc1nnc2c3ccccc3n(CC(=O)[O-])c2n1. The Morgan fingerprint density at radius 3 is 2.86 bits per heavy atom. The Balaban J connectivity index is 1.61. The number of amides is 1. The molecular weight excluding hydrogens is 378 g/mol. The van der Waals surface area contributed by atoms with Gasteiger partial charge in [-0.05, 0) is 32.3 Å². The van der Waals surface area contributed by atoms with Gasteiger partial charge < -0.3 is 19.4 Å². The first-order chi connectivity index (χ1) is 13.5. The van der Waals surface area contributed by atoms with E-state index in [1.807, 2.05) is 29.2 Å². The zero-order valence-corrected chi connectivity index (χ0v) is 16.3. The molecule has 1 saturated heterocycles. The summed E-state index contributed by atoms with van der Waals surface area (Å²) in [5.41, 5.74) is 1.68. The third-order valence-corrected chi connectivity index (χ3v) is 5.91. The van der Waals surface area contributed by atoms with Gasteiger partial charge in [0.1, 0.15) is 5.52 Å². The molecule has 1 aliphatic rings. The van der Waals surface area contributed by atoms with E-state index in [9.17, 15) is 14.7 Å². The molecule has 0 saturated carbocycles. The lowest BCUT2D eigenvalue weighted by Gasteiger charge is -2.33. The van der Waals surface area contributed by atoms with Gasteiger partial charge in [0.25, 0.3) is 0 Å². The number of nitrogens with zero attached hydrogens (tertiary/aromatic N) is 5. The standard InChI is InChI=1S/C19H21N5O3S/c1-12-6-4-5-9-23(12)15(25)11-28-19-20-18-17(21-22-19)13-7-2-3-8-14(13)24(18)10-16(26)27/h2-3,7-8,12H,4-6,9-11H2,1H3,(H,26,27)/p-1/t12-/m0/s1. The monoisotopic (exact) mass is 398 g/mol. The Morgan fingerprint density at radius 1 is 1.25 bits per heavy atom. The summed E-state index contributed by atoms with van der Waals surface area (Å²) in [6, 6.07) is 7.61. The molecule has 9 heteroatoms. The van der Waals surface area contributed by atoms with Crippen LogP contribution >= 0.6 is 11.8 Å². The Labute approximate surface area is 165 Å². The van der Waals surface area contributed by atoms with Crippen molar-refractivity contribution in [2.75, 3.05) is 12.3 Å². The quantitative estimate of drug-likeness (QED) is 0.595. The van der Waals surface area contributed by atoms with Crippen molar-refractivity contribution < 1.29 is 14.7 Å². The second kappa shape index (κ2) is 7.75. The second-order valence-electron chi connectivity index (χ2n) is 6.96. The molecule has 3 heterocycles. The van der Waals surface area contributed by atoms with Crippen molar-refractivity contribution in [1.29, 1.82) is 0 Å². The van der Waals surface area contributed by atoms with Crippen LogP contribution in [0.4, 0.5) is 0 Å². The van der Waals surface area contributed by atoms with Crippen LogP contribution in [0.2, 0.25) is 0 Å². The van der Waals surface area contributed by atoms with Crippen molar-refractivity contribution in [1.82, 2.24) is 24.6 Å². The third-order valence-electron chi connectivity index (χ3n) is 5.09. The van der Waals surface area contributed by atoms with Gasteiger partial charge in [0.2, 0.25) is 11.1 Å². The van der Waals surface area contributed by atoms with Gasteiger partial charge in [-0.2, -0.15) is 0 Å². The number of para-hydroxylation sites is 1. The molecule has 4 rings (SSSR count). The van der Waals surface area contributed by atoms with Gasteiger partial charge in [-0.25, -0.2) is 4.98 Å². The van der Waals surface area contributed by atoms with Crippen LogP contribution in [0.15, 0.2) is 29.4 Å². The van der Waals surface area contributed by atoms with Gasteiger partial charge in [0.05, 0.1) is 23.8 Å². The van der Waals surface area contributed by atoms with E-state index in [0.717, 1.165) is 31.2 Å². The topological polar surface area (TPSA) is 104 Å². The van der Waals surface area contributed by atoms with Gasteiger partial charge in [0.15, 0.2) is 5.65 Å². The molecule has 0 unspecified atom stereocenters. The zero-order valence-electron chi connectivity index (χ0n) is 15.5. The average Bonchev–Trinajstić information content (AvgIpc) is 2.99. The van der Waals surface area contributed by atoms with Crippen LogP contribution in [-0.2, 0) is 16.1 Å². The van der Waals surface area contributed by atoms with Gasteiger partial charge in [-0.3, -0.25) is 4.79 Å². The van der Waals surface area contributed by atoms with Crippen LogP contribution in [0.3, 0.4) is 0 Å². The molecule has 1 amide bonds. The molecule has 1 atom stereocenters. The molecule has 1 aliphatic heterocycles. The summed E-state index contributed by atoms with van der Waals surface area (Å²) in [4.78, 5) is 30.1. The Morgan fingerprint density at radius 2 is 2.07 bits per heavy atom. The van der Waals surface area contributed by atoms with E-state index < -0.39 is 5.97 Å². The number of aromatic nitrogens is 4. The smallest absolute Gasteiger partial charge is 0.233 e. The largest absolute Gasteiger partial charge is 0.548 e. The summed E-state index contributed by atoms with van der Waals surface area (Å²) in [7, 11) is 0. The molecule has 0 aliphatic carbocycles. The first-order valence-electron chi connectivity index (χ1n) is 9.28. The van der Waals surface area contributed by atoms with Gasteiger partial charge >= 0.3 is 0 Å². The number of benzene rings is 1. The first kappa shape index (κ1) is 18.7. The maximum absolute atomic E-state index is 12.5. The number of likely N-dealkylation sites (tertiary alicyclic amines) is 1. The van der Waals surface area contributed by atoms with Crippen LogP contribution in [0.25, 0.3) is 22.1 Å². The number of carboxylic acid groups (broad SMARTS) is 1. The van der Waals surface area contributed by atoms with Crippen LogP contribution in [0.5, 0.6) is 0 Å². The summed E-state index contributed by atoms with van der Waals surface area (Å²) < 4.78 is 1.56. The molecule has 28 heavy (non-hydrogen) atoms. The number of hydrogen-bond donors (Lipinski definition) is 0. The molecule has 0 spiro atoms. The van der Waals surface area contributed by atoms with Crippen molar-refractivity contribution in [3.05, 3.63) is 24.3 Å². The molecule has 2 aromatic heterocycles. The Hall–Kier alpha value is -2.68. The van der Waals surface area contributed by atoms with E-state index >= 15 is 0 Å². The van der Waals surface area contributed by atoms with E-state index in [1.54, 1.807) is 4.57 Å². The van der Waals surface area contributed by atoms with Gasteiger partial charge in [-0.15, -0.1) is 10.2 Å². The summed E-state index contributed by atoms with van der Waals surface area (Å²) in [5, 5.41) is 20.7. The molecule has 1 aromatic carbocycles. The minimum Gasteiger partial charge on any atom is -0.548 e. The number of carbonyl (C=O) groups excluding carboxylic acids is 2. The van der Waals surface area contributed by atoms with E-state index in [0.29, 0.717) is 21.8 Å². The van der Waals surface area contributed by atoms with Crippen molar-refractivity contribution in [2.45, 2.75) is 43.9 Å². The van der Waals surface area contributed by atoms with Crippen LogP contribution < -0.4 is 5.11 Å². The molecular formula is C19H20N5O3S-. The predicted octanol–water partition coefficient (Wildman–Crippen LogP) is 1.22. The lowest BCUT2D eigenvalue weighted by Crippen LogP contribution is -2.42. The lowest BCUT2D eigenvalue weighted by molar-refractivity contribution is -0.306. The number of fused-ring (bicyclic) bond motifs is 3. The Bertz CT molecular complexity index is 1050. The summed E-state index contributed by atoms with van der Waals surface area (Å²) >= 11 is 1.22. The fourth-order valence-electron chi connectivity index (χ4n) is 3.72. The molecule has 0 bridgehead atoms. The van der Waals surface area contributed by atoms with E-state index in [1.165, 1.54) is 11.8 Å². The van der Waals surface area contributed by atoms with Crippen LogP contribution in [-0.4, -0.2) is 54.9 Å². The highest BCUT2D eigenvalue weighted by molar-refractivity contribution is 7.99. The van der Waals surface area contributed by atoms with Crippen molar-refractivity contribution >= 4 is 45.7 Å². The molecule has 1 fully saturated rings. The van der Waals surface area contributed by atoms with Crippen molar-refractivity contribution in [3.63, 3.8) is 0 Å². The van der Waals surface area contributed by atoms with E-state index in [-0.39, 0.29) is 24.2 Å². The van der Waals surface area contributed by atoms with Gasteiger partial charge in [0, 0.05) is 18.0 Å². The summed E-state index contributed by atoms with van der Waals surface area (Å²) in [6.45, 7) is 2.54. The highest BCUT2D eigenvalue weighted by Gasteiger charge is 2.23. The van der Waals surface area contributed by atoms with Crippen molar-refractivity contribution in [2.24, 2.45) is 0 Å². The minimum absolute atomic E-state index is 0.0659. The van der Waals surface area contributed by atoms with E-state index in [2.05, 4.69) is 22.1 Å². The predicted molar refractivity (Wildman–Crippen MR) is 104 cm³/mol. The zero-order chi connectivity index (χ0) is 19.7. The lowest BCUT2D eigenvalue weighted by atomic mass is 10.0. The highest BCUT2D eigenvalue weighted by Crippen LogP contribution is 2.27. The molecule has 146 valence electrons. The van der Waals surface area contributed by atoms with Crippen molar-refractivity contribution in [3.8, 4) is 0 Å². The first-order valence-corrected chi connectivity index (χ1v) is 10.3. The van der Waals surface area contributed by atoms with Crippen LogP contribution in [0, 0.1) is 0 Å².